The second-order valence-corrected chi connectivity index (χ2v) is 5.09. The van der Waals surface area contributed by atoms with Crippen molar-refractivity contribution < 1.29 is 0 Å². The fourth-order valence-electron chi connectivity index (χ4n) is 1.68. The molecule has 1 N–H and O–H groups in total. The van der Waals surface area contributed by atoms with Crippen LogP contribution in [0.2, 0.25) is 0 Å². The summed E-state index contributed by atoms with van der Waals surface area (Å²) in [6, 6.07) is 3.27. The summed E-state index contributed by atoms with van der Waals surface area (Å²) >= 11 is 2.03. The minimum absolute atomic E-state index is 0.399. The number of nitrogens with zero attached hydrogens (tertiary/aromatic N) is 1. The highest BCUT2D eigenvalue weighted by molar-refractivity contribution is 8.00. The van der Waals surface area contributed by atoms with Crippen LogP contribution in [-0.4, -0.2) is 23.1 Å². The number of nitrogens with one attached hydrogen (secondary N) is 1. The Morgan fingerprint density at radius 1 is 1.69 bits per heavy atom. The zero-order valence-electron chi connectivity index (χ0n) is 8.42. The quantitative estimate of drug-likeness (QED) is 0.752. The van der Waals surface area contributed by atoms with E-state index in [9.17, 15) is 0 Å². The molecule has 0 aliphatic carbocycles. The Kier molecular flexibility index (Phi) is 4.61. The Morgan fingerprint density at radius 3 is 2.92 bits per heavy atom. The lowest BCUT2D eigenvalue weighted by Crippen LogP contribution is -2.40. The summed E-state index contributed by atoms with van der Waals surface area (Å²) < 4.78 is 0. The molecule has 13 heavy (non-hydrogen) atoms. The average Bonchev–Trinajstić information content (AvgIpc) is 2.51. The van der Waals surface area contributed by atoms with Gasteiger partial charge in [-0.2, -0.15) is 17.0 Å². The maximum atomic E-state index is 8.61. The molecule has 0 amide bonds. The number of rotatable bonds is 4. The van der Waals surface area contributed by atoms with E-state index in [1.54, 1.807) is 0 Å². The van der Waals surface area contributed by atoms with Gasteiger partial charge in [-0.3, -0.25) is 0 Å². The standard InChI is InChI=1S/C10H18N2S/c1-3-9(4-6-11)12-10-5-7-13-8(10)2/h8-10,12H,3-5,7H2,1-2H3. The largest absolute Gasteiger partial charge is 0.309 e. The van der Waals surface area contributed by atoms with Crippen LogP contribution in [0.5, 0.6) is 0 Å². The summed E-state index contributed by atoms with van der Waals surface area (Å²) in [4.78, 5) is 0. The van der Waals surface area contributed by atoms with E-state index in [0.29, 0.717) is 23.8 Å². The van der Waals surface area contributed by atoms with Crippen LogP contribution in [0.15, 0.2) is 0 Å². The number of nitriles is 1. The van der Waals surface area contributed by atoms with E-state index in [2.05, 4.69) is 25.2 Å². The summed E-state index contributed by atoms with van der Waals surface area (Å²) in [5.74, 6) is 1.27. The number of hydrogen-bond donors (Lipinski definition) is 1. The summed E-state index contributed by atoms with van der Waals surface area (Å²) in [7, 11) is 0. The van der Waals surface area contributed by atoms with Gasteiger partial charge in [-0.05, 0) is 18.6 Å². The maximum Gasteiger partial charge on any atom is 0.0638 e. The van der Waals surface area contributed by atoms with Crippen LogP contribution < -0.4 is 5.32 Å². The van der Waals surface area contributed by atoms with Crippen LogP contribution >= 0.6 is 11.8 Å². The van der Waals surface area contributed by atoms with Crippen molar-refractivity contribution in [3.63, 3.8) is 0 Å². The molecule has 0 radical (unpaired) electrons. The van der Waals surface area contributed by atoms with Crippen molar-refractivity contribution in [2.24, 2.45) is 0 Å². The number of hydrogen-bond acceptors (Lipinski definition) is 3. The molecule has 1 fully saturated rings. The minimum atomic E-state index is 0.399. The SMILES string of the molecule is CCC(CC#N)NC1CCSC1C. The van der Waals surface area contributed by atoms with Crippen molar-refractivity contribution >= 4 is 11.8 Å². The van der Waals surface area contributed by atoms with Crippen LogP contribution in [0.4, 0.5) is 0 Å². The molecular weight excluding hydrogens is 180 g/mol. The first-order valence-electron chi connectivity index (χ1n) is 5.02. The van der Waals surface area contributed by atoms with Crippen molar-refractivity contribution in [3.05, 3.63) is 0 Å². The molecule has 3 atom stereocenters. The smallest absolute Gasteiger partial charge is 0.0638 e. The van der Waals surface area contributed by atoms with Gasteiger partial charge in [0.05, 0.1) is 12.5 Å². The third kappa shape index (κ3) is 3.21. The first kappa shape index (κ1) is 10.9. The molecule has 1 aliphatic heterocycles. The summed E-state index contributed by atoms with van der Waals surface area (Å²) in [5.41, 5.74) is 0. The van der Waals surface area contributed by atoms with E-state index >= 15 is 0 Å². The molecule has 0 aromatic heterocycles. The van der Waals surface area contributed by atoms with Crippen LogP contribution in [0.25, 0.3) is 0 Å². The molecule has 0 bridgehead atoms. The predicted octanol–water partition coefficient (Wildman–Crippen LogP) is 2.16. The van der Waals surface area contributed by atoms with Gasteiger partial charge in [0.2, 0.25) is 0 Å². The monoisotopic (exact) mass is 198 g/mol. The van der Waals surface area contributed by atoms with E-state index in [1.807, 2.05) is 11.8 Å². The molecule has 1 rings (SSSR count). The van der Waals surface area contributed by atoms with Gasteiger partial charge >= 0.3 is 0 Å². The van der Waals surface area contributed by atoms with Gasteiger partial charge in [0.15, 0.2) is 0 Å². The van der Waals surface area contributed by atoms with E-state index in [-0.39, 0.29) is 0 Å². The average molecular weight is 198 g/mol. The Balaban J connectivity index is 2.32. The molecular formula is C10H18N2S. The zero-order chi connectivity index (χ0) is 9.68. The molecule has 1 saturated heterocycles. The lowest BCUT2D eigenvalue weighted by atomic mass is 10.1. The first-order chi connectivity index (χ1) is 6.27. The van der Waals surface area contributed by atoms with E-state index < -0.39 is 0 Å². The van der Waals surface area contributed by atoms with Crippen LogP contribution in [-0.2, 0) is 0 Å². The van der Waals surface area contributed by atoms with Crippen LogP contribution in [0, 0.1) is 11.3 Å². The topological polar surface area (TPSA) is 35.8 Å². The predicted molar refractivity (Wildman–Crippen MR) is 57.8 cm³/mol. The lowest BCUT2D eigenvalue weighted by molar-refractivity contribution is 0.419. The molecule has 2 nitrogen and oxygen atoms in total. The second-order valence-electron chi connectivity index (χ2n) is 3.61. The molecule has 3 heteroatoms. The van der Waals surface area contributed by atoms with E-state index in [1.165, 1.54) is 12.2 Å². The fraction of sp³-hybridized carbons (Fsp3) is 0.900. The van der Waals surface area contributed by atoms with Crippen molar-refractivity contribution in [1.29, 1.82) is 5.26 Å². The third-order valence-electron chi connectivity index (χ3n) is 2.66. The highest BCUT2D eigenvalue weighted by Crippen LogP contribution is 2.26. The van der Waals surface area contributed by atoms with Gasteiger partial charge in [-0.1, -0.05) is 13.8 Å². The third-order valence-corrected chi connectivity index (χ3v) is 3.98. The second kappa shape index (κ2) is 5.51. The molecule has 1 aliphatic rings. The maximum absolute atomic E-state index is 8.61. The minimum Gasteiger partial charge on any atom is -0.309 e. The molecule has 74 valence electrons. The summed E-state index contributed by atoms with van der Waals surface area (Å²) in [6.45, 7) is 4.41. The lowest BCUT2D eigenvalue weighted by Gasteiger charge is -2.22. The molecule has 1 heterocycles. The summed E-state index contributed by atoms with van der Waals surface area (Å²) in [6.07, 6.45) is 2.96. The molecule has 0 saturated carbocycles. The van der Waals surface area contributed by atoms with Crippen molar-refractivity contribution in [2.45, 2.75) is 50.4 Å². The van der Waals surface area contributed by atoms with Gasteiger partial charge in [0, 0.05) is 17.3 Å². The Bertz CT molecular complexity index is 188. The molecule has 0 aromatic rings. The van der Waals surface area contributed by atoms with E-state index in [0.717, 1.165) is 6.42 Å². The van der Waals surface area contributed by atoms with Gasteiger partial charge in [-0.25, -0.2) is 0 Å². The fourth-order valence-corrected chi connectivity index (χ4v) is 2.89. The van der Waals surface area contributed by atoms with Gasteiger partial charge in [-0.15, -0.1) is 0 Å². The van der Waals surface area contributed by atoms with Crippen molar-refractivity contribution in [3.8, 4) is 6.07 Å². The van der Waals surface area contributed by atoms with Crippen molar-refractivity contribution in [2.75, 3.05) is 5.75 Å². The van der Waals surface area contributed by atoms with Gasteiger partial charge in [0.25, 0.3) is 0 Å². The first-order valence-corrected chi connectivity index (χ1v) is 6.07. The highest BCUT2D eigenvalue weighted by Gasteiger charge is 2.25. The van der Waals surface area contributed by atoms with Crippen molar-refractivity contribution in [1.82, 2.24) is 5.32 Å². The van der Waals surface area contributed by atoms with E-state index in [4.69, 9.17) is 5.26 Å². The molecule has 0 aromatic carbocycles. The Morgan fingerprint density at radius 2 is 2.46 bits per heavy atom. The number of thioether (sulfide) groups is 1. The molecule has 0 spiro atoms. The van der Waals surface area contributed by atoms with Crippen LogP contribution in [0.1, 0.15) is 33.1 Å². The Labute approximate surface area is 85.1 Å². The Hall–Kier alpha value is -0.200. The molecule has 3 unspecified atom stereocenters. The normalized spacial score (nSPS) is 29.9. The zero-order valence-corrected chi connectivity index (χ0v) is 9.23. The highest BCUT2D eigenvalue weighted by atomic mass is 32.2. The summed E-state index contributed by atoms with van der Waals surface area (Å²) in [5, 5.41) is 12.9. The van der Waals surface area contributed by atoms with Crippen LogP contribution in [0.3, 0.4) is 0 Å². The van der Waals surface area contributed by atoms with Gasteiger partial charge in [0.1, 0.15) is 0 Å². The van der Waals surface area contributed by atoms with Gasteiger partial charge < -0.3 is 5.32 Å².